The quantitative estimate of drug-likeness (QED) is 0.752. The topological polar surface area (TPSA) is 65.6 Å². The molecule has 0 fully saturated rings. The number of H-pyrrole nitrogens is 1. The number of nitrogens with two attached hydrogens (primary N) is 1. The lowest BCUT2D eigenvalue weighted by Crippen LogP contribution is -2.09. The molecule has 0 unspecified atom stereocenters. The van der Waals surface area contributed by atoms with Crippen LogP contribution in [0, 0.1) is 11.3 Å². The molecule has 3 nitrogen and oxygen atoms in total. The molecule has 1 heterocycles. The van der Waals surface area contributed by atoms with E-state index in [1.54, 1.807) is 0 Å². The fraction of sp³-hybridized carbons (Fsp3) is 0.182. The van der Waals surface area contributed by atoms with Gasteiger partial charge in [-0.2, -0.15) is 5.26 Å². The van der Waals surface area contributed by atoms with Crippen LogP contribution >= 0.6 is 0 Å². The van der Waals surface area contributed by atoms with Gasteiger partial charge in [0, 0.05) is 11.2 Å². The first-order chi connectivity index (χ1) is 6.81. The molecule has 3 N–H and O–H groups in total. The molecule has 1 atom stereocenters. The minimum Gasteiger partial charge on any atom is -0.357 e. The Morgan fingerprint density at radius 2 is 2.21 bits per heavy atom. The van der Waals surface area contributed by atoms with Crippen LogP contribution in [0.4, 0.5) is 0 Å². The van der Waals surface area contributed by atoms with Crippen LogP contribution in [0.1, 0.15) is 18.2 Å². The Morgan fingerprint density at radius 3 is 2.93 bits per heavy atom. The Hall–Kier alpha value is -1.79. The Bertz CT molecular complexity index is 445. The molecule has 0 aliphatic carbocycles. The molecular weight excluding hydrogens is 174 g/mol. The Morgan fingerprint density at radius 1 is 1.43 bits per heavy atom. The van der Waals surface area contributed by atoms with Gasteiger partial charge in [0.05, 0.1) is 18.5 Å². The van der Waals surface area contributed by atoms with E-state index in [-0.39, 0.29) is 6.04 Å². The summed E-state index contributed by atoms with van der Waals surface area (Å²) in [5.41, 5.74) is 7.81. The summed E-state index contributed by atoms with van der Waals surface area (Å²) in [6.07, 6.45) is 0.340. The molecule has 0 aliphatic rings. The Labute approximate surface area is 82.1 Å². The van der Waals surface area contributed by atoms with Gasteiger partial charge in [-0.25, -0.2) is 0 Å². The lowest BCUT2D eigenvalue weighted by Gasteiger charge is -2.02. The summed E-state index contributed by atoms with van der Waals surface area (Å²) in [5, 5.41) is 9.66. The van der Waals surface area contributed by atoms with Crippen molar-refractivity contribution in [2.75, 3.05) is 0 Å². The molecule has 1 aromatic carbocycles. The summed E-state index contributed by atoms with van der Waals surface area (Å²) in [6.45, 7) is 0. The van der Waals surface area contributed by atoms with Crippen LogP contribution in [0.15, 0.2) is 30.3 Å². The van der Waals surface area contributed by atoms with Crippen LogP contribution < -0.4 is 5.73 Å². The zero-order valence-corrected chi connectivity index (χ0v) is 7.70. The van der Waals surface area contributed by atoms with Crippen molar-refractivity contribution in [3.63, 3.8) is 0 Å². The normalized spacial score (nSPS) is 12.6. The predicted octanol–water partition coefficient (Wildman–Crippen LogP) is 2.08. The highest BCUT2D eigenvalue weighted by atomic mass is 14.8. The summed E-state index contributed by atoms with van der Waals surface area (Å²) < 4.78 is 0. The third-order valence-corrected chi connectivity index (χ3v) is 2.26. The van der Waals surface area contributed by atoms with E-state index in [2.05, 4.69) is 11.1 Å². The summed E-state index contributed by atoms with van der Waals surface area (Å²) in [4.78, 5) is 3.20. The van der Waals surface area contributed by atoms with Crippen LogP contribution in [0.3, 0.4) is 0 Å². The Kier molecular flexibility index (Phi) is 2.21. The molecule has 14 heavy (non-hydrogen) atoms. The van der Waals surface area contributed by atoms with Crippen LogP contribution in [0.2, 0.25) is 0 Å². The van der Waals surface area contributed by atoms with Crippen LogP contribution in [0.5, 0.6) is 0 Å². The Balaban J connectivity index is 2.41. The number of nitriles is 1. The second-order valence-electron chi connectivity index (χ2n) is 3.28. The van der Waals surface area contributed by atoms with E-state index in [0.29, 0.717) is 6.42 Å². The number of hydrogen-bond donors (Lipinski definition) is 2. The second kappa shape index (κ2) is 3.52. The van der Waals surface area contributed by atoms with Crippen molar-refractivity contribution in [1.82, 2.24) is 4.98 Å². The van der Waals surface area contributed by atoms with Crippen molar-refractivity contribution in [1.29, 1.82) is 5.26 Å². The SMILES string of the molecule is N#CC[C@H](N)c1cc2ccccc2[nH]1. The van der Waals surface area contributed by atoms with Gasteiger partial charge in [0.15, 0.2) is 0 Å². The summed E-state index contributed by atoms with van der Waals surface area (Å²) >= 11 is 0. The first-order valence-corrected chi connectivity index (χ1v) is 4.51. The van der Waals surface area contributed by atoms with E-state index in [1.807, 2.05) is 30.3 Å². The lowest BCUT2D eigenvalue weighted by atomic mass is 10.1. The molecule has 2 aromatic rings. The molecule has 1 aromatic heterocycles. The van der Waals surface area contributed by atoms with E-state index in [1.165, 1.54) is 0 Å². The number of aromatic nitrogens is 1. The summed E-state index contributed by atoms with van der Waals surface area (Å²) in [6, 6.07) is 11.8. The summed E-state index contributed by atoms with van der Waals surface area (Å²) in [7, 11) is 0. The average Bonchev–Trinajstić information content (AvgIpc) is 2.61. The zero-order chi connectivity index (χ0) is 9.97. The molecule has 0 saturated heterocycles. The zero-order valence-electron chi connectivity index (χ0n) is 7.70. The van der Waals surface area contributed by atoms with Crippen molar-refractivity contribution in [3.05, 3.63) is 36.0 Å². The van der Waals surface area contributed by atoms with E-state index in [0.717, 1.165) is 16.6 Å². The third kappa shape index (κ3) is 1.48. The molecule has 0 amide bonds. The van der Waals surface area contributed by atoms with Gasteiger partial charge in [0.1, 0.15) is 0 Å². The maximum atomic E-state index is 8.53. The smallest absolute Gasteiger partial charge is 0.0642 e. The first-order valence-electron chi connectivity index (χ1n) is 4.51. The highest BCUT2D eigenvalue weighted by Gasteiger charge is 2.07. The van der Waals surface area contributed by atoms with Crippen LogP contribution in [-0.4, -0.2) is 4.98 Å². The molecule has 0 radical (unpaired) electrons. The molecule has 0 bridgehead atoms. The van der Waals surface area contributed by atoms with Crippen LogP contribution in [-0.2, 0) is 0 Å². The van der Waals surface area contributed by atoms with Crippen molar-refractivity contribution < 1.29 is 0 Å². The largest absolute Gasteiger partial charge is 0.357 e. The van der Waals surface area contributed by atoms with Gasteiger partial charge in [-0.1, -0.05) is 18.2 Å². The molecule has 0 spiro atoms. The van der Waals surface area contributed by atoms with Gasteiger partial charge >= 0.3 is 0 Å². The van der Waals surface area contributed by atoms with Crippen molar-refractivity contribution in [2.45, 2.75) is 12.5 Å². The maximum absolute atomic E-state index is 8.53. The van der Waals surface area contributed by atoms with Gasteiger partial charge in [-0.3, -0.25) is 0 Å². The van der Waals surface area contributed by atoms with Gasteiger partial charge in [0.25, 0.3) is 0 Å². The monoisotopic (exact) mass is 185 g/mol. The van der Waals surface area contributed by atoms with E-state index >= 15 is 0 Å². The fourth-order valence-corrected chi connectivity index (χ4v) is 1.50. The number of nitrogens with zero attached hydrogens (tertiary/aromatic N) is 1. The maximum Gasteiger partial charge on any atom is 0.0642 e. The van der Waals surface area contributed by atoms with E-state index in [9.17, 15) is 0 Å². The number of fused-ring (bicyclic) bond motifs is 1. The number of rotatable bonds is 2. The minimum atomic E-state index is -0.215. The fourth-order valence-electron chi connectivity index (χ4n) is 1.50. The second-order valence-corrected chi connectivity index (χ2v) is 3.28. The highest BCUT2D eigenvalue weighted by Crippen LogP contribution is 2.19. The standard InChI is InChI=1S/C11H11N3/c12-6-5-9(13)11-7-8-3-1-2-4-10(8)14-11/h1-4,7,9,14H,5,13H2/t9-/m0/s1. The average molecular weight is 185 g/mol. The number of hydrogen-bond acceptors (Lipinski definition) is 2. The van der Waals surface area contributed by atoms with Gasteiger partial charge < -0.3 is 10.7 Å². The lowest BCUT2D eigenvalue weighted by molar-refractivity contribution is 0.728. The number of aromatic amines is 1. The molecular formula is C11H11N3. The highest BCUT2D eigenvalue weighted by molar-refractivity contribution is 5.80. The van der Waals surface area contributed by atoms with Crippen molar-refractivity contribution in [2.24, 2.45) is 5.73 Å². The molecule has 70 valence electrons. The molecule has 2 rings (SSSR count). The minimum absolute atomic E-state index is 0.215. The van der Waals surface area contributed by atoms with Gasteiger partial charge in [-0.05, 0) is 17.5 Å². The molecule has 3 heteroatoms. The van der Waals surface area contributed by atoms with Crippen LogP contribution in [0.25, 0.3) is 10.9 Å². The summed E-state index contributed by atoms with van der Waals surface area (Å²) in [5.74, 6) is 0. The van der Waals surface area contributed by atoms with E-state index in [4.69, 9.17) is 11.0 Å². The predicted molar refractivity (Wildman–Crippen MR) is 55.5 cm³/mol. The molecule has 0 aliphatic heterocycles. The van der Waals surface area contributed by atoms with Gasteiger partial charge in [0.2, 0.25) is 0 Å². The van der Waals surface area contributed by atoms with Gasteiger partial charge in [-0.15, -0.1) is 0 Å². The van der Waals surface area contributed by atoms with Crippen molar-refractivity contribution >= 4 is 10.9 Å². The third-order valence-electron chi connectivity index (χ3n) is 2.26. The number of benzene rings is 1. The number of nitrogens with one attached hydrogen (secondary N) is 1. The molecule has 0 saturated carbocycles. The van der Waals surface area contributed by atoms with E-state index < -0.39 is 0 Å². The number of para-hydroxylation sites is 1. The first kappa shape index (κ1) is 8.79. The van der Waals surface area contributed by atoms with Crippen molar-refractivity contribution in [3.8, 4) is 6.07 Å².